The summed E-state index contributed by atoms with van der Waals surface area (Å²) < 4.78 is 16.5. The van der Waals surface area contributed by atoms with Crippen molar-refractivity contribution in [2.75, 3.05) is 5.32 Å². The Morgan fingerprint density at radius 2 is 1.34 bits per heavy atom. The number of hydrogen-bond donors (Lipinski definition) is 5. The number of benzene rings is 4. The summed E-state index contributed by atoms with van der Waals surface area (Å²) in [6.45, 7) is 6.98. The Balaban J connectivity index is 1.19. The quantitative estimate of drug-likeness (QED) is 0.0621. The molecule has 5 rings (SSSR count). The first-order valence-corrected chi connectivity index (χ1v) is 19.2. The Hall–Kier alpha value is -6.80. The van der Waals surface area contributed by atoms with Gasteiger partial charge in [-0.15, -0.1) is 0 Å². The Bertz CT molecular complexity index is 2300. The van der Waals surface area contributed by atoms with Crippen molar-refractivity contribution in [1.82, 2.24) is 16.0 Å². The van der Waals surface area contributed by atoms with Crippen LogP contribution in [0, 0.1) is 12.8 Å². The topological polar surface area (TPSA) is 208 Å². The average Bonchev–Trinajstić information content (AvgIpc) is 3.21. The van der Waals surface area contributed by atoms with Crippen LogP contribution >= 0.6 is 0 Å². The standard InChI is InChI=1S/C45H49N5O9/c1-27(2)41(50-43(54)36(46)22-30-15-18-34(19-16-30)57-25-31-11-7-5-8-12-31)45(56)47-29(4)42(53)49-37(24-39(51)58-26-32-13-9-6-10-14-32)44(55)48-33-17-20-35-28(3)21-40(52)59-38(35)23-33/h5-21,23,27,29,36-37,41H,22,24-26,46H2,1-4H3,(H,47,56)(H,48,55)(H,49,53)(H,50,54)/t29-,36-,37-,41-/m0/s1. The van der Waals surface area contributed by atoms with E-state index >= 15 is 0 Å². The smallest absolute Gasteiger partial charge is 0.336 e. The molecule has 14 heteroatoms. The van der Waals surface area contributed by atoms with Gasteiger partial charge < -0.3 is 40.9 Å². The Labute approximate surface area is 341 Å². The fourth-order valence-corrected chi connectivity index (χ4v) is 6.07. The molecule has 0 saturated heterocycles. The highest BCUT2D eigenvalue weighted by Gasteiger charge is 2.31. The van der Waals surface area contributed by atoms with Crippen LogP contribution in [0.15, 0.2) is 118 Å². The minimum Gasteiger partial charge on any atom is -0.489 e. The van der Waals surface area contributed by atoms with Crippen LogP contribution < -0.4 is 37.4 Å². The number of fused-ring (bicyclic) bond motifs is 1. The number of carbonyl (C=O) groups is 5. The van der Waals surface area contributed by atoms with Crippen LogP contribution in [0.25, 0.3) is 11.0 Å². The second-order valence-corrected chi connectivity index (χ2v) is 14.5. The molecule has 0 unspecified atom stereocenters. The maximum absolute atomic E-state index is 13.6. The summed E-state index contributed by atoms with van der Waals surface area (Å²) in [5, 5.41) is 11.2. The molecule has 1 aromatic heterocycles. The first-order valence-electron chi connectivity index (χ1n) is 19.2. The molecule has 0 bridgehead atoms. The second kappa shape index (κ2) is 20.6. The molecule has 0 saturated carbocycles. The van der Waals surface area contributed by atoms with Gasteiger partial charge in [0.05, 0.1) is 12.5 Å². The lowest BCUT2D eigenvalue weighted by Crippen LogP contribution is -2.58. The highest BCUT2D eigenvalue weighted by molar-refractivity contribution is 6.01. The maximum atomic E-state index is 13.6. The summed E-state index contributed by atoms with van der Waals surface area (Å²) in [7, 11) is 0. The van der Waals surface area contributed by atoms with Crippen molar-refractivity contribution in [1.29, 1.82) is 0 Å². The van der Waals surface area contributed by atoms with E-state index in [-0.39, 0.29) is 24.3 Å². The molecule has 4 aromatic carbocycles. The number of carbonyl (C=O) groups excluding carboxylic acids is 5. The molecule has 0 radical (unpaired) electrons. The van der Waals surface area contributed by atoms with Gasteiger partial charge in [-0.1, -0.05) is 86.6 Å². The number of esters is 1. The van der Waals surface area contributed by atoms with E-state index in [1.807, 2.05) is 48.5 Å². The van der Waals surface area contributed by atoms with E-state index in [9.17, 15) is 28.8 Å². The van der Waals surface area contributed by atoms with Gasteiger partial charge in [-0.05, 0) is 72.7 Å². The lowest BCUT2D eigenvalue weighted by Gasteiger charge is -2.26. The molecule has 4 atom stereocenters. The van der Waals surface area contributed by atoms with Crippen molar-refractivity contribution in [3.05, 3.63) is 142 Å². The molecule has 0 aliphatic heterocycles. The third-order valence-electron chi connectivity index (χ3n) is 9.43. The normalized spacial score (nSPS) is 13.1. The Morgan fingerprint density at radius 1 is 0.695 bits per heavy atom. The predicted molar refractivity (Wildman–Crippen MR) is 222 cm³/mol. The lowest BCUT2D eigenvalue weighted by molar-refractivity contribution is -0.147. The molecule has 59 heavy (non-hydrogen) atoms. The number of anilines is 1. The summed E-state index contributed by atoms with van der Waals surface area (Å²) >= 11 is 0. The number of nitrogens with one attached hydrogen (secondary N) is 4. The van der Waals surface area contributed by atoms with Crippen LogP contribution in [0.4, 0.5) is 5.69 Å². The lowest BCUT2D eigenvalue weighted by atomic mass is 10.0. The number of amides is 4. The second-order valence-electron chi connectivity index (χ2n) is 14.5. The fraction of sp³-hybridized carbons (Fsp3) is 0.289. The molecule has 6 N–H and O–H groups in total. The molecule has 14 nitrogen and oxygen atoms in total. The van der Waals surface area contributed by atoms with Gasteiger partial charge in [0.25, 0.3) is 0 Å². The molecule has 308 valence electrons. The summed E-state index contributed by atoms with van der Waals surface area (Å²) in [5.41, 5.74) is 9.41. The number of aryl methyl sites for hydroxylation is 1. The van der Waals surface area contributed by atoms with Gasteiger partial charge in [-0.2, -0.15) is 0 Å². The number of rotatable bonds is 18. The van der Waals surface area contributed by atoms with Crippen molar-refractivity contribution in [2.24, 2.45) is 11.7 Å². The molecule has 0 spiro atoms. The van der Waals surface area contributed by atoms with E-state index < -0.39 is 71.7 Å². The van der Waals surface area contributed by atoms with Crippen molar-refractivity contribution >= 4 is 46.3 Å². The molecule has 0 aliphatic carbocycles. The molecule has 5 aromatic rings. The van der Waals surface area contributed by atoms with Gasteiger partial charge in [0.15, 0.2) is 0 Å². The van der Waals surface area contributed by atoms with Gasteiger partial charge in [-0.25, -0.2) is 4.79 Å². The van der Waals surface area contributed by atoms with Gasteiger partial charge in [0.1, 0.15) is 42.7 Å². The van der Waals surface area contributed by atoms with Crippen LogP contribution in [0.2, 0.25) is 0 Å². The third kappa shape index (κ3) is 12.9. The summed E-state index contributed by atoms with van der Waals surface area (Å²) in [4.78, 5) is 78.7. The minimum absolute atomic E-state index is 0.0557. The van der Waals surface area contributed by atoms with Gasteiger partial charge in [0, 0.05) is 23.2 Å². The van der Waals surface area contributed by atoms with Crippen LogP contribution in [0.3, 0.4) is 0 Å². The zero-order valence-electron chi connectivity index (χ0n) is 33.4. The molecular formula is C45H49N5O9. The number of nitrogens with two attached hydrogens (primary N) is 1. The third-order valence-corrected chi connectivity index (χ3v) is 9.43. The van der Waals surface area contributed by atoms with Crippen molar-refractivity contribution in [3.8, 4) is 5.75 Å². The largest absolute Gasteiger partial charge is 0.489 e. The van der Waals surface area contributed by atoms with Crippen LogP contribution in [-0.4, -0.2) is 53.8 Å². The number of ether oxygens (including phenoxy) is 2. The molecule has 1 heterocycles. The Kier molecular flexibility index (Phi) is 15.1. The summed E-state index contributed by atoms with van der Waals surface area (Å²) in [5.74, 6) is -3.26. The predicted octanol–water partition coefficient (Wildman–Crippen LogP) is 4.45. The monoisotopic (exact) mass is 803 g/mol. The average molecular weight is 804 g/mol. The molecule has 0 fully saturated rings. The molecule has 0 aliphatic rings. The van der Waals surface area contributed by atoms with Gasteiger partial charge in [-0.3, -0.25) is 24.0 Å². The van der Waals surface area contributed by atoms with E-state index in [0.29, 0.717) is 23.3 Å². The van der Waals surface area contributed by atoms with Crippen LogP contribution in [0.1, 0.15) is 49.4 Å². The van der Waals surface area contributed by atoms with E-state index in [4.69, 9.17) is 19.6 Å². The van der Waals surface area contributed by atoms with Gasteiger partial charge >= 0.3 is 11.6 Å². The zero-order valence-corrected chi connectivity index (χ0v) is 33.4. The fourth-order valence-electron chi connectivity index (χ4n) is 6.07. The SMILES string of the molecule is Cc1cc(=O)oc2cc(NC(=O)[C@H](CC(=O)OCc3ccccc3)NC(=O)[C@H](C)NC(=O)[C@@H](NC(=O)[C@@H](N)Cc3ccc(OCc4ccccc4)cc3)C(C)C)ccc12. The maximum Gasteiger partial charge on any atom is 0.336 e. The molecular weight excluding hydrogens is 755 g/mol. The van der Waals surface area contributed by atoms with Crippen molar-refractivity contribution in [2.45, 2.75) is 77.9 Å². The first kappa shape index (κ1) is 43.3. The first-order chi connectivity index (χ1) is 28.2. The molecule has 4 amide bonds. The number of hydrogen-bond acceptors (Lipinski definition) is 10. The van der Waals surface area contributed by atoms with Crippen molar-refractivity contribution in [3.63, 3.8) is 0 Å². The van der Waals surface area contributed by atoms with E-state index in [0.717, 1.165) is 16.7 Å². The van der Waals surface area contributed by atoms with E-state index in [1.165, 1.54) is 19.1 Å². The summed E-state index contributed by atoms with van der Waals surface area (Å²) in [6.07, 6.45) is -0.348. The van der Waals surface area contributed by atoms with Crippen molar-refractivity contribution < 1.29 is 37.9 Å². The summed E-state index contributed by atoms with van der Waals surface area (Å²) in [6, 6.07) is 27.3. The zero-order chi connectivity index (χ0) is 42.5. The van der Waals surface area contributed by atoms with Gasteiger partial charge in [0.2, 0.25) is 23.6 Å². The highest BCUT2D eigenvalue weighted by Crippen LogP contribution is 2.21. The minimum atomic E-state index is -1.44. The Morgan fingerprint density at radius 3 is 1.98 bits per heavy atom. The highest BCUT2D eigenvalue weighted by atomic mass is 16.5. The van der Waals surface area contributed by atoms with Crippen LogP contribution in [0.5, 0.6) is 5.75 Å². The van der Waals surface area contributed by atoms with E-state index in [2.05, 4.69) is 21.3 Å². The van der Waals surface area contributed by atoms with E-state index in [1.54, 1.807) is 69.3 Å². The van der Waals surface area contributed by atoms with Crippen LogP contribution in [-0.2, 0) is 48.3 Å².